The monoisotopic (exact) mass is 560 g/mol. The quantitative estimate of drug-likeness (QED) is 0.255. The standard InChI is InChI=1S/C31H26Cl2N2O4/c1-16(2)26(27(37)34-19-14-12-18(13-15-19)17(3)36)35-28(38)24-25(29(35)39)31(33)21-9-5-4-8-20(21)30(24,32)22-10-6-7-11-23(22)31/h4-16,24-26H,1-3H3,(H,34,37)/t24-,25+,26-,30?,31?/m0/s1. The molecule has 1 heterocycles. The lowest BCUT2D eigenvalue weighted by atomic mass is 9.54. The van der Waals surface area contributed by atoms with E-state index in [1.165, 1.54) is 6.92 Å². The summed E-state index contributed by atoms with van der Waals surface area (Å²) in [5.74, 6) is -3.95. The van der Waals surface area contributed by atoms with Gasteiger partial charge < -0.3 is 5.32 Å². The first-order valence-corrected chi connectivity index (χ1v) is 13.6. The Kier molecular flexibility index (Phi) is 5.79. The summed E-state index contributed by atoms with van der Waals surface area (Å²) in [7, 11) is 0. The van der Waals surface area contributed by atoms with Gasteiger partial charge in [0.15, 0.2) is 5.78 Å². The van der Waals surface area contributed by atoms with Crippen molar-refractivity contribution in [2.45, 2.75) is 36.6 Å². The normalized spacial score (nSPS) is 27.2. The van der Waals surface area contributed by atoms with Crippen LogP contribution in [0.15, 0.2) is 72.8 Å². The van der Waals surface area contributed by atoms with Crippen LogP contribution in [0.5, 0.6) is 0 Å². The fourth-order valence-electron chi connectivity index (χ4n) is 6.69. The van der Waals surface area contributed by atoms with Crippen LogP contribution >= 0.6 is 23.2 Å². The molecule has 3 aromatic carbocycles. The number of anilines is 1. The second-order valence-corrected chi connectivity index (χ2v) is 12.0. The van der Waals surface area contributed by atoms with Crippen LogP contribution in [0, 0.1) is 17.8 Å². The summed E-state index contributed by atoms with van der Waals surface area (Å²) in [6.45, 7) is 5.04. The summed E-state index contributed by atoms with van der Waals surface area (Å²) in [6.07, 6.45) is 0. The molecule has 39 heavy (non-hydrogen) atoms. The number of rotatable bonds is 5. The maximum Gasteiger partial charge on any atom is 0.247 e. The molecule has 1 fully saturated rings. The van der Waals surface area contributed by atoms with E-state index in [9.17, 15) is 19.2 Å². The fraction of sp³-hybridized carbons (Fsp3) is 0.290. The highest BCUT2D eigenvalue weighted by molar-refractivity contribution is 6.36. The molecule has 2 bridgehead atoms. The number of likely N-dealkylation sites (tertiary alicyclic amines) is 1. The Morgan fingerprint density at radius 2 is 1.18 bits per heavy atom. The SMILES string of the molecule is CC(=O)c1ccc(NC(=O)[C@H](C(C)C)N2C(=O)[C@@H]3[C@H](C2=O)C2(Cl)c4ccccc4C3(Cl)c3ccccc32)cc1. The van der Waals surface area contributed by atoms with Gasteiger partial charge in [-0.2, -0.15) is 0 Å². The number of benzene rings is 3. The number of ketones is 1. The van der Waals surface area contributed by atoms with Crippen LogP contribution in [0.4, 0.5) is 5.69 Å². The largest absolute Gasteiger partial charge is 0.324 e. The Hall–Kier alpha value is -3.48. The van der Waals surface area contributed by atoms with Crippen LogP contribution < -0.4 is 5.32 Å². The summed E-state index contributed by atoms with van der Waals surface area (Å²) in [6, 6.07) is 20.2. The summed E-state index contributed by atoms with van der Waals surface area (Å²) in [4.78, 5) is 52.3. The highest BCUT2D eigenvalue weighted by Crippen LogP contribution is 2.69. The molecule has 1 aliphatic heterocycles. The van der Waals surface area contributed by atoms with Crippen molar-refractivity contribution < 1.29 is 19.2 Å². The zero-order chi connectivity index (χ0) is 27.9. The molecule has 7 rings (SSSR count). The molecule has 0 unspecified atom stereocenters. The molecule has 4 aliphatic rings. The molecule has 3 amide bonds. The highest BCUT2D eigenvalue weighted by Gasteiger charge is 2.73. The van der Waals surface area contributed by atoms with Gasteiger partial charge in [0.05, 0.1) is 11.8 Å². The Labute approximate surface area is 236 Å². The van der Waals surface area contributed by atoms with Crippen molar-refractivity contribution in [1.82, 2.24) is 4.90 Å². The number of halogens is 2. The van der Waals surface area contributed by atoms with Crippen molar-refractivity contribution in [3.63, 3.8) is 0 Å². The van der Waals surface area contributed by atoms with Crippen LogP contribution in [-0.4, -0.2) is 34.4 Å². The number of alkyl halides is 2. The molecule has 1 N–H and O–H groups in total. The van der Waals surface area contributed by atoms with E-state index in [2.05, 4.69) is 5.32 Å². The van der Waals surface area contributed by atoms with Crippen LogP contribution in [0.3, 0.4) is 0 Å². The van der Waals surface area contributed by atoms with Gasteiger partial charge in [0.25, 0.3) is 0 Å². The molecular formula is C31H26Cl2N2O4. The molecule has 0 radical (unpaired) electrons. The van der Waals surface area contributed by atoms with Gasteiger partial charge in [0.2, 0.25) is 17.7 Å². The molecule has 3 atom stereocenters. The minimum absolute atomic E-state index is 0.0922. The third kappa shape index (κ3) is 3.34. The highest BCUT2D eigenvalue weighted by atomic mass is 35.5. The minimum Gasteiger partial charge on any atom is -0.324 e. The van der Waals surface area contributed by atoms with E-state index in [-0.39, 0.29) is 5.78 Å². The van der Waals surface area contributed by atoms with Gasteiger partial charge in [0.1, 0.15) is 15.8 Å². The van der Waals surface area contributed by atoms with Crippen molar-refractivity contribution >= 4 is 52.4 Å². The maximum absolute atomic E-state index is 14.3. The molecule has 198 valence electrons. The zero-order valence-corrected chi connectivity index (χ0v) is 23.1. The van der Waals surface area contributed by atoms with Gasteiger partial charge in [-0.3, -0.25) is 24.1 Å². The zero-order valence-electron chi connectivity index (χ0n) is 21.6. The van der Waals surface area contributed by atoms with E-state index in [4.69, 9.17) is 23.2 Å². The van der Waals surface area contributed by atoms with Crippen molar-refractivity contribution in [3.05, 3.63) is 101 Å². The number of hydrogen-bond acceptors (Lipinski definition) is 4. The van der Waals surface area contributed by atoms with Crippen molar-refractivity contribution in [2.75, 3.05) is 5.32 Å². The smallest absolute Gasteiger partial charge is 0.247 e. The number of nitrogens with one attached hydrogen (secondary N) is 1. The first-order chi connectivity index (χ1) is 18.5. The van der Waals surface area contributed by atoms with E-state index < -0.39 is 51.3 Å². The number of carbonyl (C=O) groups excluding carboxylic acids is 4. The molecule has 8 heteroatoms. The van der Waals surface area contributed by atoms with Crippen LogP contribution in [0.25, 0.3) is 0 Å². The molecule has 1 saturated heterocycles. The Morgan fingerprint density at radius 1 is 0.769 bits per heavy atom. The molecule has 0 spiro atoms. The summed E-state index contributed by atoms with van der Waals surface area (Å²) >= 11 is 15.0. The average Bonchev–Trinajstić information content (AvgIpc) is 3.18. The minimum atomic E-state index is -1.31. The van der Waals surface area contributed by atoms with E-state index >= 15 is 0 Å². The van der Waals surface area contributed by atoms with Gasteiger partial charge in [-0.05, 0) is 59.4 Å². The molecule has 3 aromatic rings. The number of hydrogen-bond donors (Lipinski definition) is 1. The van der Waals surface area contributed by atoms with E-state index in [1.807, 2.05) is 48.5 Å². The first kappa shape index (κ1) is 25.8. The summed E-state index contributed by atoms with van der Waals surface area (Å²) in [5, 5.41) is 2.82. The van der Waals surface area contributed by atoms with Crippen LogP contribution in [0.1, 0.15) is 53.4 Å². The molecule has 6 nitrogen and oxygen atoms in total. The lowest BCUT2D eigenvalue weighted by molar-refractivity contribution is -0.148. The van der Waals surface area contributed by atoms with Gasteiger partial charge in [-0.1, -0.05) is 62.4 Å². The molecule has 3 aliphatic carbocycles. The van der Waals surface area contributed by atoms with Crippen molar-refractivity contribution in [3.8, 4) is 0 Å². The first-order valence-electron chi connectivity index (χ1n) is 12.9. The van der Waals surface area contributed by atoms with Gasteiger partial charge in [-0.25, -0.2) is 0 Å². The Morgan fingerprint density at radius 3 is 1.54 bits per heavy atom. The maximum atomic E-state index is 14.3. The summed E-state index contributed by atoms with van der Waals surface area (Å²) < 4.78 is 0. The second-order valence-electron chi connectivity index (χ2n) is 10.8. The van der Waals surface area contributed by atoms with E-state index in [1.54, 1.807) is 38.1 Å². The molecule has 0 aromatic heterocycles. The van der Waals surface area contributed by atoms with Crippen LogP contribution in [-0.2, 0) is 24.1 Å². The lowest BCUT2D eigenvalue weighted by Crippen LogP contribution is -2.57. The van der Waals surface area contributed by atoms with Crippen molar-refractivity contribution in [2.24, 2.45) is 17.8 Å². The molecular weight excluding hydrogens is 535 g/mol. The lowest BCUT2D eigenvalue weighted by Gasteiger charge is -2.54. The van der Waals surface area contributed by atoms with E-state index in [0.717, 1.165) is 4.90 Å². The Bertz CT molecular complexity index is 1440. The number of imide groups is 1. The Balaban J connectivity index is 1.44. The molecule has 0 saturated carbocycles. The summed E-state index contributed by atoms with van der Waals surface area (Å²) in [5.41, 5.74) is 3.80. The van der Waals surface area contributed by atoms with Gasteiger partial charge in [-0.15, -0.1) is 23.2 Å². The number of Topliss-reactive ketones (excluding diaryl/α,β-unsaturated/α-hetero) is 1. The number of carbonyl (C=O) groups is 4. The number of amides is 3. The second kappa shape index (κ2) is 8.77. The predicted molar refractivity (Wildman–Crippen MR) is 149 cm³/mol. The third-order valence-corrected chi connectivity index (χ3v) is 9.64. The van der Waals surface area contributed by atoms with Gasteiger partial charge in [0, 0.05) is 11.3 Å². The average molecular weight is 561 g/mol. The van der Waals surface area contributed by atoms with Gasteiger partial charge >= 0.3 is 0 Å². The van der Waals surface area contributed by atoms with E-state index in [0.29, 0.717) is 33.5 Å². The van der Waals surface area contributed by atoms with Crippen LogP contribution in [0.2, 0.25) is 0 Å². The number of nitrogens with zero attached hydrogens (tertiary/aromatic N) is 1. The predicted octanol–water partition coefficient (Wildman–Crippen LogP) is 5.45. The topological polar surface area (TPSA) is 83.6 Å². The fourth-order valence-corrected chi connectivity index (χ4v) is 7.78. The van der Waals surface area contributed by atoms with Crippen molar-refractivity contribution in [1.29, 1.82) is 0 Å². The third-order valence-electron chi connectivity index (χ3n) is 8.36.